The standard InChI is InChI=1S/C22H26ClFN2O5S/c1-15-8-10-25(11-9-15)22(27)14-26(16-4-6-19(24)18(23)12-16)32(28,29)17-5-7-20(30-2)21(13-17)31-3/h4-7,12-13,15H,8-11,14H2,1-3H3. The number of methoxy groups -OCH3 is 2. The Morgan fingerprint density at radius 2 is 1.78 bits per heavy atom. The maximum atomic E-state index is 13.7. The molecule has 0 radical (unpaired) electrons. The molecule has 3 rings (SSSR count). The fourth-order valence-electron chi connectivity index (χ4n) is 3.54. The number of piperidine rings is 1. The van der Waals surface area contributed by atoms with Crippen molar-refractivity contribution in [1.82, 2.24) is 4.90 Å². The van der Waals surface area contributed by atoms with Gasteiger partial charge in [0.15, 0.2) is 11.5 Å². The first-order chi connectivity index (χ1) is 15.2. The molecule has 174 valence electrons. The number of rotatable bonds is 7. The van der Waals surface area contributed by atoms with E-state index in [1.807, 2.05) is 0 Å². The minimum absolute atomic E-state index is 0.0879. The normalized spacial score (nSPS) is 14.8. The molecule has 2 aromatic carbocycles. The van der Waals surface area contributed by atoms with E-state index in [4.69, 9.17) is 21.1 Å². The lowest BCUT2D eigenvalue weighted by molar-refractivity contribution is -0.130. The molecule has 0 saturated carbocycles. The van der Waals surface area contributed by atoms with E-state index in [1.165, 1.54) is 44.6 Å². The third-order valence-electron chi connectivity index (χ3n) is 5.55. The van der Waals surface area contributed by atoms with Crippen molar-refractivity contribution in [2.75, 3.05) is 38.2 Å². The molecule has 0 N–H and O–H groups in total. The van der Waals surface area contributed by atoms with E-state index in [2.05, 4.69) is 6.92 Å². The van der Waals surface area contributed by atoms with Gasteiger partial charge in [0.2, 0.25) is 5.91 Å². The van der Waals surface area contributed by atoms with E-state index >= 15 is 0 Å². The molecule has 7 nitrogen and oxygen atoms in total. The number of hydrogen-bond acceptors (Lipinski definition) is 5. The van der Waals surface area contributed by atoms with Gasteiger partial charge in [0.25, 0.3) is 10.0 Å². The van der Waals surface area contributed by atoms with Crippen molar-refractivity contribution in [2.45, 2.75) is 24.7 Å². The van der Waals surface area contributed by atoms with Crippen LogP contribution in [0.2, 0.25) is 5.02 Å². The minimum Gasteiger partial charge on any atom is -0.493 e. The molecule has 2 aromatic rings. The second-order valence-electron chi connectivity index (χ2n) is 7.69. The predicted octanol–water partition coefficient (Wildman–Crippen LogP) is 3.95. The number of carbonyl (C=O) groups excluding carboxylic acids is 1. The number of benzene rings is 2. The molecule has 1 fully saturated rings. The summed E-state index contributed by atoms with van der Waals surface area (Å²) in [5, 5.41) is -0.241. The number of sulfonamides is 1. The molecule has 0 atom stereocenters. The maximum Gasteiger partial charge on any atom is 0.264 e. The lowest BCUT2D eigenvalue weighted by Crippen LogP contribution is -2.45. The smallest absolute Gasteiger partial charge is 0.264 e. The van der Waals surface area contributed by atoms with E-state index in [9.17, 15) is 17.6 Å². The average molecular weight is 485 g/mol. The van der Waals surface area contributed by atoms with Crippen LogP contribution < -0.4 is 13.8 Å². The van der Waals surface area contributed by atoms with Crippen molar-refractivity contribution in [3.63, 3.8) is 0 Å². The summed E-state index contributed by atoms with van der Waals surface area (Å²) in [5.41, 5.74) is 0.0879. The van der Waals surface area contributed by atoms with Crippen LogP contribution in [0.25, 0.3) is 0 Å². The molecule has 1 saturated heterocycles. The van der Waals surface area contributed by atoms with Gasteiger partial charge in [-0.25, -0.2) is 12.8 Å². The molecular weight excluding hydrogens is 459 g/mol. The van der Waals surface area contributed by atoms with Gasteiger partial charge in [-0.05, 0) is 49.1 Å². The van der Waals surface area contributed by atoms with E-state index in [1.54, 1.807) is 4.90 Å². The number of amides is 1. The van der Waals surface area contributed by atoms with Crippen LogP contribution in [0.5, 0.6) is 11.5 Å². The third-order valence-corrected chi connectivity index (χ3v) is 7.61. The van der Waals surface area contributed by atoms with Crippen LogP contribution in [0.15, 0.2) is 41.3 Å². The SMILES string of the molecule is COc1ccc(S(=O)(=O)N(CC(=O)N2CCC(C)CC2)c2ccc(F)c(Cl)c2)cc1OC. The highest BCUT2D eigenvalue weighted by molar-refractivity contribution is 7.92. The number of hydrogen-bond donors (Lipinski definition) is 0. The number of nitrogens with zero attached hydrogens (tertiary/aromatic N) is 2. The molecule has 10 heteroatoms. The zero-order valence-electron chi connectivity index (χ0n) is 18.2. The van der Waals surface area contributed by atoms with Gasteiger partial charge >= 0.3 is 0 Å². The molecule has 0 spiro atoms. The largest absolute Gasteiger partial charge is 0.493 e. The summed E-state index contributed by atoms with van der Waals surface area (Å²) < 4.78 is 52.3. The van der Waals surface area contributed by atoms with Gasteiger partial charge < -0.3 is 14.4 Å². The summed E-state index contributed by atoms with van der Waals surface area (Å²) in [4.78, 5) is 14.6. The lowest BCUT2D eigenvalue weighted by atomic mass is 9.99. The first-order valence-electron chi connectivity index (χ1n) is 10.1. The number of carbonyl (C=O) groups is 1. The van der Waals surface area contributed by atoms with E-state index in [-0.39, 0.29) is 27.3 Å². The highest BCUT2D eigenvalue weighted by atomic mass is 35.5. The summed E-state index contributed by atoms with van der Waals surface area (Å²) in [6, 6.07) is 7.70. The topological polar surface area (TPSA) is 76.2 Å². The Labute approximate surface area is 192 Å². The molecule has 1 amide bonds. The summed E-state index contributed by atoms with van der Waals surface area (Å²) in [5.74, 6) is 0.0847. The van der Waals surface area contributed by atoms with Crippen LogP contribution >= 0.6 is 11.6 Å². The predicted molar refractivity (Wildman–Crippen MR) is 120 cm³/mol. The number of likely N-dealkylation sites (tertiary alicyclic amines) is 1. The Balaban J connectivity index is 2.01. The number of anilines is 1. The average Bonchev–Trinajstić information content (AvgIpc) is 2.79. The summed E-state index contributed by atoms with van der Waals surface area (Å²) >= 11 is 5.91. The van der Waals surface area contributed by atoms with Gasteiger partial charge in [0.05, 0.1) is 29.8 Å². The van der Waals surface area contributed by atoms with Crippen LogP contribution in [-0.4, -0.2) is 53.1 Å². The fraction of sp³-hybridized carbons (Fsp3) is 0.409. The van der Waals surface area contributed by atoms with Gasteiger partial charge in [0.1, 0.15) is 12.4 Å². The van der Waals surface area contributed by atoms with E-state index < -0.39 is 22.4 Å². The van der Waals surface area contributed by atoms with Crippen LogP contribution in [0.3, 0.4) is 0 Å². The molecule has 0 bridgehead atoms. The monoisotopic (exact) mass is 484 g/mol. The second-order valence-corrected chi connectivity index (χ2v) is 9.96. The maximum absolute atomic E-state index is 13.7. The van der Waals surface area contributed by atoms with Crippen molar-refractivity contribution >= 4 is 33.2 Å². The summed E-state index contributed by atoms with van der Waals surface area (Å²) in [6.07, 6.45) is 1.72. The van der Waals surface area contributed by atoms with Crippen molar-refractivity contribution in [2.24, 2.45) is 5.92 Å². The highest BCUT2D eigenvalue weighted by Crippen LogP contribution is 2.33. The van der Waals surface area contributed by atoms with Crippen LogP contribution in [0.4, 0.5) is 10.1 Å². The quantitative estimate of drug-likeness (QED) is 0.594. The molecule has 0 aliphatic carbocycles. The highest BCUT2D eigenvalue weighted by Gasteiger charge is 2.31. The van der Waals surface area contributed by atoms with Crippen molar-refractivity contribution in [1.29, 1.82) is 0 Å². The van der Waals surface area contributed by atoms with Gasteiger partial charge in [-0.3, -0.25) is 9.10 Å². The Bertz CT molecular complexity index is 1090. The molecule has 32 heavy (non-hydrogen) atoms. The lowest BCUT2D eigenvalue weighted by Gasteiger charge is -2.33. The van der Waals surface area contributed by atoms with Gasteiger partial charge in [-0.15, -0.1) is 0 Å². The van der Waals surface area contributed by atoms with Gasteiger partial charge in [-0.2, -0.15) is 0 Å². The number of halogens is 2. The van der Waals surface area contributed by atoms with Crippen LogP contribution in [-0.2, 0) is 14.8 Å². The first-order valence-corrected chi connectivity index (χ1v) is 12.0. The Kier molecular flexibility index (Phi) is 7.51. The second kappa shape index (κ2) is 9.95. The molecular formula is C22H26ClFN2O5S. The summed E-state index contributed by atoms with van der Waals surface area (Å²) in [6.45, 7) is 2.81. The van der Waals surface area contributed by atoms with E-state index in [0.717, 1.165) is 23.2 Å². The van der Waals surface area contributed by atoms with Crippen molar-refractivity contribution < 1.29 is 27.1 Å². The third kappa shape index (κ3) is 5.10. The van der Waals surface area contributed by atoms with Crippen molar-refractivity contribution in [3.8, 4) is 11.5 Å². The van der Waals surface area contributed by atoms with Gasteiger partial charge in [0, 0.05) is 19.2 Å². The molecule has 1 aliphatic heterocycles. The molecule has 0 aromatic heterocycles. The van der Waals surface area contributed by atoms with E-state index in [0.29, 0.717) is 24.8 Å². The van der Waals surface area contributed by atoms with Crippen LogP contribution in [0.1, 0.15) is 19.8 Å². The molecule has 1 aliphatic rings. The van der Waals surface area contributed by atoms with Gasteiger partial charge in [-0.1, -0.05) is 18.5 Å². The van der Waals surface area contributed by atoms with Crippen molar-refractivity contribution in [3.05, 3.63) is 47.2 Å². The Morgan fingerprint density at radius 3 is 2.38 bits per heavy atom. The summed E-state index contributed by atoms with van der Waals surface area (Å²) in [7, 11) is -1.38. The first kappa shape index (κ1) is 24.1. The zero-order valence-corrected chi connectivity index (χ0v) is 19.7. The van der Waals surface area contributed by atoms with Crippen LogP contribution in [0, 0.1) is 11.7 Å². The minimum atomic E-state index is -4.22. The fourth-order valence-corrected chi connectivity index (χ4v) is 5.14. The molecule has 1 heterocycles. The Morgan fingerprint density at radius 1 is 1.12 bits per heavy atom. The number of ether oxygens (including phenoxy) is 2. The molecule has 0 unspecified atom stereocenters. The Hall–Kier alpha value is -2.52. The zero-order chi connectivity index (χ0) is 23.5.